The Labute approximate surface area is 92.7 Å². The average molecular weight is 221 g/mol. The van der Waals surface area contributed by atoms with Crippen molar-refractivity contribution in [3.05, 3.63) is 28.6 Å². The molecule has 0 unspecified atom stereocenters. The quantitative estimate of drug-likeness (QED) is 0.779. The highest BCUT2D eigenvalue weighted by Crippen LogP contribution is 2.16. The molecule has 2 N–H and O–H groups in total. The summed E-state index contributed by atoms with van der Waals surface area (Å²) in [5.41, 5.74) is 6.15. The fourth-order valence-electron chi connectivity index (χ4n) is 1.51. The fraction of sp³-hybridized carbons (Fsp3) is 0.500. The Morgan fingerprint density at radius 2 is 2.00 bits per heavy atom. The number of nitrogens with two attached hydrogens (primary N) is 1. The van der Waals surface area contributed by atoms with Crippen molar-refractivity contribution in [2.24, 2.45) is 18.7 Å². The van der Waals surface area contributed by atoms with Gasteiger partial charge in [0.25, 0.3) is 5.56 Å². The van der Waals surface area contributed by atoms with E-state index in [-0.39, 0.29) is 17.5 Å². The summed E-state index contributed by atoms with van der Waals surface area (Å²) in [6.07, 6.45) is 3.43. The zero-order valence-corrected chi connectivity index (χ0v) is 9.58. The summed E-state index contributed by atoms with van der Waals surface area (Å²) >= 11 is 0. The number of aryl methyl sites for hydroxylation is 1. The molecule has 0 amide bonds. The SMILES string of the molecule is CC(C)[C@@H](N)c1nnc2c(=O)n(C)ccn12. The second-order valence-corrected chi connectivity index (χ2v) is 4.24. The smallest absolute Gasteiger partial charge is 0.295 e. The molecule has 2 rings (SSSR count). The van der Waals surface area contributed by atoms with Gasteiger partial charge >= 0.3 is 0 Å². The van der Waals surface area contributed by atoms with E-state index < -0.39 is 0 Å². The molecule has 0 saturated carbocycles. The van der Waals surface area contributed by atoms with E-state index in [0.717, 1.165) is 0 Å². The van der Waals surface area contributed by atoms with Crippen LogP contribution < -0.4 is 11.3 Å². The summed E-state index contributed by atoms with van der Waals surface area (Å²) in [5, 5.41) is 7.88. The highest BCUT2D eigenvalue weighted by atomic mass is 16.1. The Balaban J connectivity index is 2.67. The summed E-state index contributed by atoms with van der Waals surface area (Å²) in [5.74, 6) is 0.874. The molecule has 0 saturated heterocycles. The van der Waals surface area contributed by atoms with Crippen LogP contribution in [0.4, 0.5) is 0 Å². The molecule has 16 heavy (non-hydrogen) atoms. The third-order valence-electron chi connectivity index (χ3n) is 2.69. The Hall–Kier alpha value is -1.69. The summed E-state index contributed by atoms with van der Waals surface area (Å²) in [6, 6.07) is -0.220. The van der Waals surface area contributed by atoms with Crippen LogP contribution in [0.15, 0.2) is 17.2 Å². The van der Waals surface area contributed by atoms with E-state index in [1.807, 2.05) is 13.8 Å². The number of hydrogen-bond donors (Lipinski definition) is 1. The van der Waals surface area contributed by atoms with E-state index in [1.165, 1.54) is 4.57 Å². The molecule has 0 aliphatic carbocycles. The van der Waals surface area contributed by atoms with Gasteiger partial charge in [0.1, 0.15) is 0 Å². The number of hydrogen-bond acceptors (Lipinski definition) is 4. The summed E-state index contributed by atoms with van der Waals surface area (Å²) in [6.45, 7) is 4.01. The molecule has 0 fully saturated rings. The Morgan fingerprint density at radius 1 is 1.31 bits per heavy atom. The van der Waals surface area contributed by atoms with Crippen molar-refractivity contribution in [2.75, 3.05) is 0 Å². The molecule has 0 aromatic carbocycles. The summed E-state index contributed by atoms with van der Waals surface area (Å²) in [7, 11) is 1.68. The molecule has 0 aliphatic rings. The van der Waals surface area contributed by atoms with Crippen molar-refractivity contribution >= 4 is 5.65 Å². The standard InChI is InChI=1S/C10H15N5O/c1-6(2)7(11)8-12-13-9-10(16)14(3)4-5-15(8)9/h4-7H,11H2,1-3H3/t7-/m1/s1. The van der Waals surface area contributed by atoms with Crippen molar-refractivity contribution < 1.29 is 0 Å². The van der Waals surface area contributed by atoms with Crippen LogP contribution in [0, 0.1) is 5.92 Å². The predicted octanol–water partition coefficient (Wildman–Crippen LogP) is 0.0838. The first-order valence-electron chi connectivity index (χ1n) is 5.18. The second kappa shape index (κ2) is 3.71. The normalized spacial score (nSPS) is 13.6. The van der Waals surface area contributed by atoms with Crippen LogP contribution in [0.5, 0.6) is 0 Å². The second-order valence-electron chi connectivity index (χ2n) is 4.24. The number of rotatable bonds is 2. The van der Waals surface area contributed by atoms with Crippen molar-refractivity contribution in [1.82, 2.24) is 19.2 Å². The molecule has 0 aliphatic heterocycles. The zero-order valence-electron chi connectivity index (χ0n) is 9.58. The van der Waals surface area contributed by atoms with E-state index in [2.05, 4.69) is 10.2 Å². The van der Waals surface area contributed by atoms with Gasteiger partial charge in [-0.25, -0.2) is 0 Å². The number of nitrogens with zero attached hydrogens (tertiary/aromatic N) is 4. The first-order valence-corrected chi connectivity index (χ1v) is 5.18. The fourth-order valence-corrected chi connectivity index (χ4v) is 1.51. The van der Waals surface area contributed by atoms with Gasteiger partial charge in [0.2, 0.25) is 5.65 Å². The number of fused-ring (bicyclic) bond motifs is 1. The van der Waals surface area contributed by atoms with Crippen molar-refractivity contribution in [2.45, 2.75) is 19.9 Å². The maximum absolute atomic E-state index is 11.7. The lowest BCUT2D eigenvalue weighted by atomic mass is 10.1. The monoisotopic (exact) mass is 221 g/mol. The van der Waals surface area contributed by atoms with Crippen LogP contribution in [0.25, 0.3) is 5.65 Å². The molecule has 1 atom stereocenters. The minimum absolute atomic E-state index is 0.169. The lowest BCUT2D eigenvalue weighted by Crippen LogP contribution is -2.22. The van der Waals surface area contributed by atoms with Gasteiger partial charge in [-0.2, -0.15) is 0 Å². The molecule has 2 aromatic rings. The maximum Gasteiger partial charge on any atom is 0.295 e. The van der Waals surface area contributed by atoms with Crippen LogP contribution in [0.3, 0.4) is 0 Å². The largest absolute Gasteiger partial charge is 0.321 e. The minimum Gasteiger partial charge on any atom is -0.321 e. The van der Waals surface area contributed by atoms with Crippen molar-refractivity contribution in [3.63, 3.8) is 0 Å². The first kappa shape index (κ1) is 10.8. The Kier molecular flexibility index (Phi) is 2.51. The molecular weight excluding hydrogens is 206 g/mol. The van der Waals surface area contributed by atoms with Gasteiger partial charge in [0.15, 0.2) is 5.82 Å². The highest BCUT2D eigenvalue weighted by Gasteiger charge is 2.18. The van der Waals surface area contributed by atoms with E-state index in [1.54, 1.807) is 23.8 Å². The topological polar surface area (TPSA) is 78.2 Å². The molecule has 0 bridgehead atoms. The minimum atomic E-state index is -0.220. The highest BCUT2D eigenvalue weighted by molar-refractivity contribution is 5.35. The van der Waals surface area contributed by atoms with E-state index >= 15 is 0 Å². The molecule has 86 valence electrons. The van der Waals surface area contributed by atoms with Crippen LogP contribution in [0.2, 0.25) is 0 Å². The third-order valence-corrected chi connectivity index (χ3v) is 2.69. The Bertz CT molecular complexity index is 568. The predicted molar refractivity (Wildman–Crippen MR) is 60.0 cm³/mol. The molecule has 2 aromatic heterocycles. The summed E-state index contributed by atoms with van der Waals surface area (Å²) < 4.78 is 3.13. The van der Waals surface area contributed by atoms with Gasteiger partial charge in [0, 0.05) is 19.4 Å². The van der Waals surface area contributed by atoms with Crippen molar-refractivity contribution in [3.8, 4) is 0 Å². The van der Waals surface area contributed by atoms with Gasteiger partial charge in [-0.3, -0.25) is 9.20 Å². The van der Waals surface area contributed by atoms with Crippen LogP contribution in [-0.4, -0.2) is 19.2 Å². The maximum atomic E-state index is 11.7. The van der Waals surface area contributed by atoms with Gasteiger partial charge in [0.05, 0.1) is 6.04 Å². The van der Waals surface area contributed by atoms with Crippen LogP contribution >= 0.6 is 0 Å². The van der Waals surface area contributed by atoms with E-state index in [0.29, 0.717) is 11.5 Å². The van der Waals surface area contributed by atoms with Gasteiger partial charge < -0.3 is 10.3 Å². The third kappa shape index (κ3) is 1.51. The lowest BCUT2D eigenvalue weighted by Gasteiger charge is -2.13. The average Bonchev–Trinajstić information content (AvgIpc) is 2.66. The molecule has 0 radical (unpaired) electrons. The lowest BCUT2D eigenvalue weighted by molar-refractivity contribution is 0.486. The van der Waals surface area contributed by atoms with Crippen LogP contribution in [0.1, 0.15) is 25.7 Å². The summed E-state index contributed by atoms with van der Waals surface area (Å²) in [4.78, 5) is 11.7. The molecule has 6 heteroatoms. The molecule has 6 nitrogen and oxygen atoms in total. The molecule has 0 spiro atoms. The van der Waals surface area contributed by atoms with Crippen LogP contribution in [-0.2, 0) is 7.05 Å². The van der Waals surface area contributed by atoms with E-state index in [4.69, 9.17) is 5.73 Å². The first-order chi connectivity index (χ1) is 7.52. The van der Waals surface area contributed by atoms with Gasteiger partial charge in [-0.15, -0.1) is 10.2 Å². The molecule has 2 heterocycles. The van der Waals surface area contributed by atoms with Gasteiger partial charge in [-0.05, 0) is 5.92 Å². The number of aromatic nitrogens is 4. The zero-order chi connectivity index (χ0) is 11.9. The van der Waals surface area contributed by atoms with E-state index in [9.17, 15) is 4.79 Å². The molecular formula is C10H15N5O. The van der Waals surface area contributed by atoms with Gasteiger partial charge in [-0.1, -0.05) is 13.8 Å². The van der Waals surface area contributed by atoms with Crippen molar-refractivity contribution in [1.29, 1.82) is 0 Å². The Morgan fingerprint density at radius 3 is 2.62 bits per heavy atom.